The molecule has 0 radical (unpaired) electrons. The Kier molecular flexibility index (Phi) is 4.13. The first-order chi connectivity index (χ1) is 21.8. The van der Waals surface area contributed by atoms with Gasteiger partial charge in [-0.2, -0.15) is 0 Å². The molecule has 0 atom stereocenters. The van der Waals surface area contributed by atoms with Gasteiger partial charge in [-0.25, -0.2) is 0 Å². The van der Waals surface area contributed by atoms with E-state index >= 15 is 0 Å². The molecule has 180 valence electrons. The average molecular weight is 511 g/mol. The third kappa shape index (κ3) is 4.06. The summed E-state index contributed by atoms with van der Waals surface area (Å²) >= 11 is 1.07. The van der Waals surface area contributed by atoms with Crippen molar-refractivity contribution in [1.82, 2.24) is 0 Å². The van der Waals surface area contributed by atoms with Crippen LogP contribution < -0.4 is 4.90 Å². The van der Waals surface area contributed by atoms with Gasteiger partial charge in [-0.3, -0.25) is 0 Å². The van der Waals surface area contributed by atoms with Crippen LogP contribution >= 0.6 is 11.3 Å². The van der Waals surface area contributed by atoms with Crippen LogP contribution in [-0.2, 0) is 0 Å². The molecule has 0 saturated carbocycles. The summed E-state index contributed by atoms with van der Waals surface area (Å²) in [7, 11) is 0. The maximum atomic E-state index is 9.20. The molecule has 0 aliphatic rings. The predicted octanol–water partition coefficient (Wildman–Crippen LogP) is 10.9. The lowest BCUT2D eigenvalue weighted by atomic mass is 10.0. The zero-order chi connectivity index (χ0) is 31.4. The van der Waals surface area contributed by atoms with Crippen LogP contribution in [0.25, 0.3) is 42.4 Å². The third-order valence-corrected chi connectivity index (χ3v) is 7.64. The highest BCUT2D eigenvalue weighted by Crippen LogP contribution is 2.45. The molecular formula is C36H25NS. The third-order valence-electron chi connectivity index (χ3n) is 6.62. The summed E-state index contributed by atoms with van der Waals surface area (Å²) in [6.45, 7) is 0. The lowest BCUT2D eigenvalue weighted by Crippen LogP contribution is -2.10. The summed E-state index contributed by atoms with van der Waals surface area (Å²) in [4.78, 5) is 1.86. The Morgan fingerprint density at radius 3 is 1.55 bits per heavy atom. The molecule has 0 spiro atoms. The Balaban J connectivity index is 1.53. The summed E-state index contributed by atoms with van der Waals surface area (Å²) in [5.74, 6) is 0. The SMILES string of the molecule is [2H]c1c([2H])c([2H])c2c(sc3c([2H])c([2H])c([2H])c(N(c4ccc(-c5ccccc5)cc4)c4ccc(-c5ccccc5)cc4)c32)c1[2H]. The van der Waals surface area contributed by atoms with Gasteiger partial charge in [0.1, 0.15) is 0 Å². The molecule has 0 fully saturated rings. The van der Waals surface area contributed by atoms with Crippen molar-refractivity contribution in [2.45, 2.75) is 0 Å². The number of hydrogen-bond donors (Lipinski definition) is 0. The van der Waals surface area contributed by atoms with E-state index in [1.165, 1.54) is 0 Å². The smallest absolute Gasteiger partial charge is 0.0645 e. The molecule has 0 N–H and O–H groups in total. The summed E-state index contributed by atoms with van der Waals surface area (Å²) in [5.41, 5.74) is 5.82. The Hall–Kier alpha value is -4.66. The van der Waals surface area contributed by atoms with Gasteiger partial charge < -0.3 is 4.90 Å². The molecule has 6 aromatic carbocycles. The molecule has 1 aromatic heterocycles. The first-order valence-electron chi connectivity index (χ1n) is 15.8. The van der Waals surface area contributed by atoms with E-state index in [-0.39, 0.29) is 47.7 Å². The molecule has 0 amide bonds. The second-order valence-electron chi connectivity index (χ2n) is 8.90. The van der Waals surface area contributed by atoms with Crippen molar-refractivity contribution in [1.29, 1.82) is 0 Å². The van der Waals surface area contributed by atoms with Gasteiger partial charge in [-0.1, -0.05) is 109 Å². The van der Waals surface area contributed by atoms with Crippen molar-refractivity contribution >= 4 is 48.6 Å². The molecule has 0 saturated heterocycles. The van der Waals surface area contributed by atoms with Crippen molar-refractivity contribution in [3.63, 3.8) is 0 Å². The molecule has 0 aliphatic carbocycles. The topological polar surface area (TPSA) is 3.24 Å². The Morgan fingerprint density at radius 2 is 0.974 bits per heavy atom. The van der Waals surface area contributed by atoms with Crippen molar-refractivity contribution in [3.8, 4) is 22.3 Å². The lowest BCUT2D eigenvalue weighted by molar-refractivity contribution is 1.30. The normalized spacial score (nSPS) is 13.7. The van der Waals surface area contributed by atoms with E-state index in [2.05, 4.69) is 0 Å². The summed E-state index contributed by atoms with van der Waals surface area (Å²) in [6.07, 6.45) is 0. The number of rotatable bonds is 5. The van der Waals surface area contributed by atoms with Gasteiger partial charge >= 0.3 is 0 Å². The summed E-state index contributed by atoms with van der Waals surface area (Å²) < 4.78 is 61.5. The quantitative estimate of drug-likeness (QED) is 0.223. The highest BCUT2D eigenvalue weighted by molar-refractivity contribution is 7.26. The maximum absolute atomic E-state index is 9.20. The van der Waals surface area contributed by atoms with Gasteiger partial charge in [0, 0.05) is 31.5 Å². The van der Waals surface area contributed by atoms with Gasteiger partial charge in [0.25, 0.3) is 0 Å². The van der Waals surface area contributed by atoms with Crippen LogP contribution in [-0.4, -0.2) is 0 Å². The van der Waals surface area contributed by atoms with Gasteiger partial charge in [0.05, 0.1) is 15.3 Å². The molecule has 2 heteroatoms. The standard InChI is InChI=1S/C36H25NS/c1-3-10-26(11-4-1)28-18-22-30(23-19-28)37(31-24-20-29(21-25-31)27-12-5-2-6-13-27)33-15-9-17-35-36(33)32-14-7-8-16-34(32)38-35/h1-25H/i7D,8D,9D,14D,15D,16D,17D. The number of anilines is 3. The van der Waals surface area contributed by atoms with Crippen molar-refractivity contribution in [3.05, 3.63) is 151 Å². The number of fused-ring (bicyclic) bond motifs is 3. The van der Waals surface area contributed by atoms with E-state index in [0.29, 0.717) is 31.8 Å². The van der Waals surface area contributed by atoms with Crippen LogP contribution in [0, 0.1) is 0 Å². The second-order valence-corrected chi connectivity index (χ2v) is 9.92. The minimum atomic E-state index is -0.378. The average Bonchev–Trinajstić information content (AvgIpc) is 3.49. The first-order valence-corrected chi connectivity index (χ1v) is 13.1. The van der Waals surface area contributed by atoms with Crippen molar-refractivity contribution in [2.75, 3.05) is 4.90 Å². The van der Waals surface area contributed by atoms with Gasteiger partial charge in [0.15, 0.2) is 0 Å². The fourth-order valence-electron chi connectivity index (χ4n) is 4.79. The first kappa shape index (κ1) is 16.2. The Labute approximate surface area is 236 Å². The molecular weight excluding hydrogens is 478 g/mol. The molecule has 1 nitrogen and oxygen atoms in total. The van der Waals surface area contributed by atoms with E-state index in [4.69, 9.17) is 8.22 Å². The zero-order valence-corrected chi connectivity index (χ0v) is 21.1. The Bertz CT molecular complexity index is 2130. The number of benzene rings is 6. The van der Waals surface area contributed by atoms with E-state index in [1.54, 1.807) is 0 Å². The van der Waals surface area contributed by atoms with E-state index in [1.807, 2.05) is 114 Å². The van der Waals surface area contributed by atoms with E-state index < -0.39 is 0 Å². The molecule has 38 heavy (non-hydrogen) atoms. The lowest BCUT2D eigenvalue weighted by Gasteiger charge is -2.27. The summed E-state index contributed by atoms with van der Waals surface area (Å²) in [5, 5.41) is 0.622. The highest BCUT2D eigenvalue weighted by atomic mass is 32.1. The molecule has 0 unspecified atom stereocenters. The van der Waals surface area contributed by atoms with Crippen LogP contribution in [0.5, 0.6) is 0 Å². The maximum Gasteiger partial charge on any atom is 0.0645 e. The van der Waals surface area contributed by atoms with Gasteiger partial charge in [-0.15, -0.1) is 11.3 Å². The number of hydrogen-bond acceptors (Lipinski definition) is 2. The molecule has 7 rings (SSSR count). The van der Waals surface area contributed by atoms with Gasteiger partial charge in [0.2, 0.25) is 0 Å². The Morgan fingerprint density at radius 1 is 0.474 bits per heavy atom. The fourth-order valence-corrected chi connectivity index (χ4v) is 5.75. The minimum absolute atomic E-state index is 0.171. The highest BCUT2D eigenvalue weighted by Gasteiger charge is 2.18. The summed E-state index contributed by atoms with van der Waals surface area (Å²) in [6, 6.07) is 34.0. The zero-order valence-electron chi connectivity index (χ0n) is 27.2. The van der Waals surface area contributed by atoms with Gasteiger partial charge in [-0.05, 0) is 64.6 Å². The second kappa shape index (κ2) is 9.66. The van der Waals surface area contributed by atoms with E-state index in [0.717, 1.165) is 33.6 Å². The predicted molar refractivity (Wildman–Crippen MR) is 165 cm³/mol. The van der Waals surface area contributed by atoms with E-state index in [9.17, 15) is 1.37 Å². The molecule has 0 aliphatic heterocycles. The van der Waals surface area contributed by atoms with Crippen molar-refractivity contribution in [2.24, 2.45) is 0 Å². The molecule has 1 heterocycles. The van der Waals surface area contributed by atoms with Crippen LogP contribution in [0.1, 0.15) is 9.60 Å². The monoisotopic (exact) mass is 510 g/mol. The number of thiophene rings is 1. The molecule has 7 aromatic rings. The van der Waals surface area contributed by atoms with Crippen LogP contribution in [0.15, 0.2) is 151 Å². The number of nitrogens with zero attached hydrogens (tertiary/aromatic N) is 1. The minimum Gasteiger partial charge on any atom is -0.310 e. The van der Waals surface area contributed by atoms with Crippen LogP contribution in [0.2, 0.25) is 0 Å². The largest absolute Gasteiger partial charge is 0.310 e. The molecule has 0 bridgehead atoms. The van der Waals surface area contributed by atoms with Crippen LogP contribution in [0.3, 0.4) is 0 Å². The van der Waals surface area contributed by atoms with Crippen LogP contribution in [0.4, 0.5) is 17.1 Å². The fraction of sp³-hybridized carbons (Fsp3) is 0. The van der Waals surface area contributed by atoms with Crippen molar-refractivity contribution < 1.29 is 9.60 Å².